The van der Waals surface area contributed by atoms with Crippen LogP contribution in [0.15, 0.2) is 42.5 Å². The van der Waals surface area contributed by atoms with Gasteiger partial charge in [-0.25, -0.2) is 0 Å². The number of amides is 1. The standard InChI is InChI=1S/C20H22Cl2N2O/c21-17-9-8-16(13-18(17)22)15-6-4-14(5-7-15)10-12-24-20(25)19-3-1-2-11-23-19/h4-9,13,19,23H,1-3,10-12H2,(H,24,25). The van der Waals surface area contributed by atoms with Crippen molar-refractivity contribution in [2.75, 3.05) is 13.1 Å². The molecular formula is C20H22Cl2N2O. The molecule has 3 rings (SSSR count). The molecular weight excluding hydrogens is 355 g/mol. The van der Waals surface area contributed by atoms with E-state index in [1.165, 1.54) is 5.56 Å². The van der Waals surface area contributed by atoms with Gasteiger partial charge < -0.3 is 10.6 Å². The smallest absolute Gasteiger partial charge is 0.237 e. The van der Waals surface area contributed by atoms with Crippen molar-refractivity contribution in [2.24, 2.45) is 0 Å². The van der Waals surface area contributed by atoms with Gasteiger partial charge >= 0.3 is 0 Å². The lowest BCUT2D eigenvalue weighted by Crippen LogP contribution is -2.47. The van der Waals surface area contributed by atoms with Crippen LogP contribution in [0.25, 0.3) is 11.1 Å². The fourth-order valence-electron chi connectivity index (χ4n) is 3.07. The summed E-state index contributed by atoms with van der Waals surface area (Å²) in [6.07, 6.45) is 4.04. The van der Waals surface area contributed by atoms with E-state index in [1.54, 1.807) is 0 Å². The van der Waals surface area contributed by atoms with E-state index < -0.39 is 0 Å². The number of nitrogens with one attached hydrogen (secondary N) is 2. The van der Waals surface area contributed by atoms with Crippen LogP contribution < -0.4 is 10.6 Å². The van der Waals surface area contributed by atoms with Crippen LogP contribution in [0.4, 0.5) is 0 Å². The van der Waals surface area contributed by atoms with Gasteiger partial charge in [0.15, 0.2) is 0 Å². The Hall–Kier alpha value is -1.55. The van der Waals surface area contributed by atoms with Gasteiger partial charge in [0.05, 0.1) is 16.1 Å². The molecule has 1 saturated heterocycles. The minimum Gasteiger partial charge on any atom is -0.354 e. The summed E-state index contributed by atoms with van der Waals surface area (Å²) in [5.74, 6) is 0.118. The van der Waals surface area contributed by atoms with Crippen molar-refractivity contribution in [1.82, 2.24) is 10.6 Å². The quantitative estimate of drug-likeness (QED) is 0.808. The van der Waals surface area contributed by atoms with Crippen LogP contribution in [0.2, 0.25) is 10.0 Å². The summed E-state index contributed by atoms with van der Waals surface area (Å²) in [5.41, 5.74) is 3.33. The zero-order valence-corrected chi connectivity index (χ0v) is 15.5. The molecule has 132 valence electrons. The van der Waals surface area contributed by atoms with E-state index >= 15 is 0 Å². The molecule has 1 aliphatic rings. The van der Waals surface area contributed by atoms with Gasteiger partial charge in [-0.2, -0.15) is 0 Å². The molecule has 0 bridgehead atoms. The molecule has 1 amide bonds. The van der Waals surface area contributed by atoms with Gasteiger partial charge in [0, 0.05) is 6.54 Å². The normalized spacial score (nSPS) is 17.3. The van der Waals surface area contributed by atoms with Crippen molar-refractivity contribution >= 4 is 29.1 Å². The molecule has 1 aliphatic heterocycles. The molecule has 1 heterocycles. The first kappa shape index (κ1) is 18.2. The predicted octanol–water partition coefficient (Wildman–Crippen LogP) is 4.46. The monoisotopic (exact) mass is 376 g/mol. The number of hydrogen-bond donors (Lipinski definition) is 2. The molecule has 2 aromatic carbocycles. The van der Waals surface area contributed by atoms with Gasteiger partial charge in [0.25, 0.3) is 0 Å². The molecule has 1 unspecified atom stereocenters. The third kappa shape index (κ3) is 4.97. The molecule has 2 aromatic rings. The summed E-state index contributed by atoms with van der Waals surface area (Å²) in [5, 5.41) is 7.41. The number of halogens is 2. The Morgan fingerprint density at radius 3 is 2.48 bits per heavy atom. The summed E-state index contributed by atoms with van der Waals surface area (Å²) in [6, 6.07) is 13.9. The van der Waals surface area contributed by atoms with Gasteiger partial charge in [-0.05, 0) is 54.6 Å². The molecule has 1 atom stereocenters. The number of piperidine rings is 1. The van der Waals surface area contributed by atoms with E-state index in [0.29, 0.717) is 16.6 Å². The molecule has 25 heavy (non-hydrogen) atoms. The second-order valence-electron chi connectivity index (χ2n) is 6.37. The summed E-state index contributed by atoms with van der Waals surface area (Å²) >= 11 is 12.0. The predicted molar refractivity (Wildman–Crippen MR) is 104 cm³/mol. The number of benzene rings is 2. The van der Waals surface area contributed by atoms with E-state index in [2.05, 4.69) is 34.9 Å². The summed E-state index contributed by atoms with van der Waals surface area (Å²) in [6.45, 7) is 1.59. The highest BCUT2D eigenvalue weighted by Crippen LogP contribution is 2.28. The minimum atomic E-state index is -0.0224. The second kappa shape index (κ2) is 8.70. The van der Waals surface area contributed by atoms with E-state index in [1.807, 2.05) is 18.2 Å². The molecule has 5 heteroatoms. The Morgan fingerprint density at radius 1 is 1.04 bits per heavy atom. The topological polar surface area (TPSA) is 41.1 Å². The third-order valence-electron chi connectivity index (χ3n) is 4.55. The average Bonchev–Trinajstić information content (AvgIpc) is 2.65. The van der Waals surface area contributed by atoms with Gasteiger partial charge in [-0.15, -0.1) is 0 Å². The van der Waals surface area contributed by atoms with Crippen molar-refractivity contribution in [2.45, 2.75) is 31.7 Å². The summed E-state index contributed by atoms with van der Waals surface area (Å²) < 4.78 is 0. The van der Waals surface area contributed by atoms with Gasteiger partial charge in [-0.1, -0.05) is 60.0 Å². The Morgan fingerprint density at radius 2 is 1.80 bits per heavy atom. The van der Waals surface area contributed by atoms with Crippen molar-refractivity contribution < 1.29 is 4.79 Å². The highest BCUT2D eigenvalue weighted by atomic mass is 35.5. The number of hydrogen-bond acceptors (Lipinski definition) is 2. The summed E-state index contributed by atoms with van der Waals surface area (Å²) in [4.78, 5) is 12.1. The zero-order chi connectivity index (χ0) is 17.6. The lowest BCUT2D eigenvalue weighted by molar-refractivity contribution is -0.123. The van der Waals surface area contributed by atoms with E-state index in [4.69, 9.17) is 23.2 Å². The Bertz CT molecular complexity index is 725. The largest absolute Gasteiger partial charge is 0.354 e. The van der Waals surface area contributed by atoms with Crippen molar-refractivity contribution in [1.29, 1.82) is 0 Å². The first-order valence-corrected chi connectivity index (χ1v) is 9.44. The molecule has 2 N–H and O–H groups in total. The first-order chi connectivity index (χ1) is 12.1. The van der Waals surface area contributed by atoms with Crippen LogP contribution in [0.1, 0.15) is 24.8 Å². The fraction of sp³-hybridized carbons (Fsp3) is 0.350. The lowest BCUT2D eigenvalue weighted by Gasteiger charge is -2.22. The van der Waals surface area contributed by atoms with Crippen LogP contribution in [-0.2, 0) is 11.2 Å². The van der Waals surface area contributed by atoms with Crippen molar-refractivity contribution in [3.8, 4) is 11.1 Å². The molecule has 0 spiro atoms. The van der Waals surface area contributed by atoms with Crippen LogP contribution in [0, 0.1) is 0 Å². The maximum atomic E-state index is 12.1. The highest BCUT2D eigenvalue weighted by molar-refractivity contribution is 6.42. The molecule has 0 aromatic heterocycles. The molecule has 3 nitrogen and oxygen atoms in total. The van der Waals surface area contributed by atoms with Crippen LogP contribution in [-0.4, -0.2) is 25.0 Å². The maximum Gasteiger partial charge on any atom is 0.237 e. The van der Waals surface area contributed by atoms with Crippen LogP contribution >= 0.6 is 23.2 Å². The first-order valence-electron chi connectivity index (χ1n) is 8.69. The number of carbonyl (C=O) groups excluding carboxylic acids is 1. The van der Waals surface area contributed by atoms with Crippen LogP contribution in [0.3, 0.4) is 0 Å². The van der Waals surface area contributed by atoms with Gasteiger partial charge in [-0.3, -0.25) is 4.79 Å². The summed E-state index contributed by atoms with van der Waals surface area (Å²) in [7, 11) is 0. The van der Waals surface area contributed by atoms with E-state index in [-0.39, 0.29) is 11.9 Å². The Labute approximate surface area is 158 Å². The zero-order valence-electron chi connectivity index (χ0n) is 14.0. The maximum absolute atomic E-state index is 12.1. The Balaban J connectivity index is 1.52. The molecule has 0 aliphatic carbocycles. The third-order valence-corrected chi connectivity index (χ3v) is 5.29. The lowest BCUT2D eigenvalue weighted by atomic mass is 10.0. The van der Waals surface area contributed by atoms with E-state index in [0.717, 1.165) is 43.4 Å². The number of rotatable bonds is 5. The van der Waals surface area contributed by atoms with Gasteiger partial charge in [0.1, 0.15) is 0 Å². The number of carbonyl (C=O) groups is 1. The van der Waals surface area contributed by atoms with Gasteiger partial charge in [0.2, 0.25) is 5.91 Å². The molecule has 0 saturated carbocycles. The highest BCUT2D eigenvalue weighted by Gasteiger charge is 2.19. The van der Waals surface area contributed by atoms with E-state index in [9.17, 15) is 4.79 Å². The van der Waals surface area contributed by atoms with Crippen molar-refractivity contribution in [3.63, 3.8) is 0 Å². The minimum absolute atomic E-state index is 0.0224. The second-order valence-corrected chi connectivity index (χ2v) is 7.18. The van der Waals surface area contributed by atoms with Crippen LogP contribution in [0.5, 0.6) is 0 Å². The Kier molecular flexibility index (Phi) is 6.35. The molecule has 1 fully saturated rings. The average molecular weight is 377 g/mol. The van der Waals surface area contributed by atoms with Crippen molar-refractivity contribution in [3.05, 3.63) is 58.1 Å². The fourth-order valence-corrected chi connectivity index (χ4v) is 3.37. The SMILES string of the molecule is O=C(NCCc1ccc(-c2ccc(Cl)c(Cl)c2)cc1)C1CCCCN1. The molecule has 0 radical (unpaired) electrons.